The normalized spacial score (nSPS) is 29.2. The number of fused-ring (bicyclic) bond motifs is 1. The number of imide groups is 1. The topological polar surface area (TPSA) is 79.0 Å². The number of hydrogen-bond donors (Lipinski definition) is 1. The highest BCUT2D eigenvalue weighted by Crippen LogP contribution is 2.50. The largest absolute Gasteiger partial charge is 0.468 e. The Labute approximate surface area is 169 Å². The van der Waals surface area contributed by atoms with Crippen molar-refractivity contribution in [3.8, 4) is 0 Å². The molecule has 3 rings (SSSR count). The third kappa shape index (κ3) is 3.08. The Hall–Kier alpha value is -2.06. The monoisotopic (exact) mass is 405 g/mol. The highest BCUT2D eigenvalue weighted by Gasteiger charge is 2.67. The lowest BCUT2D eigenvalue weighted by Gasteiger charge is -2.32. The molecule has 8 heteroatoms. The zero-order chi connectivity index (χ0) is 20.6. The SMILES string of the molecule is COC(=O)C1(CCSC)NC(c2ccc(N(C)C)cc2)C2C(=O)N(C)C(=O)C21. The van der Waals surface area contributed by atoms with E-state index in [0.717, 1.165) is 16.2 Å². The first kappa shape index (κ1) is 20.7. The van der Waals surface area contributed by atoms with E-state index in [1.54, 1.807) is 11.8 Å². The number of ether oxygens (including phenoxy) is 1. The summed E-state index contributed by atoms with van der Waals surface area (Å²) in [5.41, 5.74) is 0.711. The second kappa shape index (κ2) is 7.75. The van der Waals surface area contributed by atoms with Crippen molar-refractivity contribution in [1.82, 2.24) is 10.2 Å². The van der Waals surface area contributed by atoms with Crippen LogP contribution in [0, 0.1) is 11.8 Å². The predicted octanol–water partition coefficient (Wildman–Crippen LogP) is 1.29. The number of carbonyl (C=O) groups is 3. The number of anilines is 1. The van der Waals surface area contributed by atoms with Crippen LogP contribution in [0.25, 0.3) is 0 Å². The van der Waals surface area contributed by atoms with Gasteiger partial charge >= 0.3 is 5.97 Å². The molecule has 1 N–H and O–H groups in total. The number of methoxy groups -OCH3 is 1. The molecule has 2 aliphatic heterocycles. The van der Waals surface area contributed by atoms with E-state index in [4.69, 9.17) is 4.74 Å². The van der Waals surface area contributed by atoms with Gasteiger partial charge in [-0.1, -0.05) is 12.1 Å². The molecule has 0 radical (unpaired) electrons. The third-order valence-electron chi connectivity index (χ3n) is 5.89. The first-order chi connectivity index (χ1) is 13.3. The van der Waals surface area contributed by atoms with E-state index < -0.39 is 29.4 Å². The first-order valence-electron chi connectivity index (χ1n) is 9.22. The molecule has 28 heavy (non-hydrogen) atoms. The summed E-state index contributed by atoms with van der Waals surface area (Å²) < 4.78 is 5.10. The molecule has 2 saturated heterocycles. The van der Waals surface area contributed by atoms with Gasteiger partial charge in [-0.15, -0.1) is 0 Å². The van der Waals surface area contributed by atoms with Crippen LogP contribution in [0.15, 0.2) is 24.3 Å². The molecular formula is C20H27N3O4S. The predicted molar refractivity (Wildman–Crippen MR) is 109 cm³/mol. The maximum atomic E-state index is 13.0. The molecule has 1 aromatic carbocycles. The van der Waals surface area contributed by atoms with E-state index >= 15 is 0 Å². The van der Waals surface area contributed by atoms with Crippen molar-refractivity contribution in [2.24, 2.45) is 11.8 Å². The summed E-state index contributed by atoms with van der Waals surface area (Å²) in [6.45, 7) is 0. The summed E-state index contributed by atoms with van der Waals surface area (Å²) in [7, 11) is 6.73. The van der Waals surface area contributed by atoms with Crippen LogP contribution in [0.1, 0.15) is 18.0 Å². The van der Waals surface area contributed by atoms with Crippen LogP contribution in [0.2, 0.25) is 0 Å². The van der Waals surface area contributed by atoms with E-state index in [2.05, 4.69) is 5.32 Å². The average molecular weight is 406 g/mol. The lowest BCUT2D eigenvalue weighted by molar-refractivity contribution is -0.154. The number of thioether (sulfide) groups is 1. The number of nitrogens with zero attached hydrogens (tertiary/aromatic N) is 2. The fourth-order valence-electron chi connectivity index (χ4n) is 4.38. The number of benzene rings is 1. The van der Waals surface area contributed by atoms with Crippen molar-refractivity contribution in [3.05, 3.63) is 29.8 Å². The van der Waals surface area contributed by atoms with Gasteiger partial charge in [-0.2, -0.15) is 11.8 Å². The molecule has 2 amide bonds. The van der Waals surface area contributed by atoms with Crippen molar-refractivity contribution in [2.75, 3.05) is 45.2 Å². The lowest BCUT2D eigenvalue weighted by Crippen LogP contribution is -2.56. The van der Waals surface area contributed by atoms with Crippen LogP contribution >= 0.6 is 11.8 Å². The van der Waals surface area contributed by atoms with Gasteiger partial charge < -0.3 is 9.64 Å². The van der Waals surface area contributed by atoms with E-state index in [0.29, 0.717) is 12.2 Å². The van der Waals surface area contributed by atoms with Gasteiger partial charge in [0, 0.05) is 32.9 Å². The molecule has 4 unspecified atom stereocenters. The summed E-state index contributed by atoms with van der Waals surface area (Å²) in [6.07, 6.45) is 2.36. The molecule has 0 aromatic heterocycles. The minimum atomic E-state index is -1.20. The molecule has 152 valence electrons. The van der Waals surface area contributed by atoms with Crippen molar-refractivity contribution >= 4 is 35.2 Å². The molecule has 2 fully saturated rings. The lowest BCUT2D eigenvalue weighted by atomic mass is 9.78. The quantitative estimate of drug-likeness (QED) is 0.564. The number of likely N-dealkylation sites (tertiary alicyclic amines) is 1. The fourth-order valence-corrected chi connectivity index (χ4v) is 4.90. The molecule has 0 bridgehead atoms. The Morgan fingerprint density at radius 1 is 1.25 bits per heavy atom. The van der Waals surface area contributed by atoms with Crippen molar-refractivity contribution in [2.45, 2.75) is 18.0 Å². The second-order valence-electron chi connectivity index (χ2n) is 7.55. The maximum Gasteiger partial charge on any atom is 0.326 e. The van der Waals surface area contributed by atoms with Gasteiger partial charge in [-0.3, -0.25) is 24.6 Å². The molecule has 0 aliphatic carbocycles. The summed E-state index contributed by atoms with van der Waals surface area (Å²) in [5.74, 6) is -1.77. The molecular weight excluding hydrogens is 378 g/mol. The van der Waals surface area contributed by atoms with Gasteiger partial charge in [0.1, 0.15) is 5.54 Å². The first-order valence-corrected chi connectivity index (χ1v) is 10.6. The number of nitrogens with one attached hydrogen (secondary N) is 1. The van der Waals surface area contributed by atoms with Gasteiger partial charge in [0.2, 0.25) is 11.8 Å². The highest BCUT2D eigenvalue weighted by molar-refractivity contribution is 7.98. The van der Waals surface area contributed by atoms with E-state index in [-0.39, 0.29) is 11.8 Å². The van der Waals surface area contributed by atoms with Crippen LogP contribution in [0.4, 0.5) is 5.69 Å². The molecule has 7 nitrogen and oxygen atoms in total. The molecule has 2 aliphatic rings. The maximum absolute atomic E-state index is 13.0. The number of esters is 1. The number of rotatable bonds is 6. The molecule has 2 heterocycles. The molecule has 1 aromatic rings. The third-order valence-corrected chi connectivity index (χ3v) is 6.51. The van der Waals surface area contributed by atoms with Gasteiger partial charge in [0.25, 0.3) is 0 Å². The molecule has 4 atom stereocenters. The average Bonchev–Trinajstić information content (AvgIpc) is 3.16. The minimum absolute atomic E-state index is 0.251. The van der Waals surface area contributed by atoms with Crippen LogP contribution in [0.5, 0.6) is 0 Å². The number of carbonyl (C=O) groups excluding carboxylic acids is 3. The van der Waals surface area contributed by atoms with Gasteiger partial charge in [-0.05, 0) is 36.1 Å². The Morgan fingerprint density at radius 3 is 2.43 bits per heavy atom. The smallest absolute Gasteiger partial charge is 0.326 e. The summed E-state index contributed by atoms with van der Waals surface area (Å²) >= 11 is 1.59. The number of amides is 2. The zero-order valence-electron chi connectivity index (χ0n) is 16.9. The molecule has 0 saturated carbocycles. The van der Waals surface area contributed by atoms with Crippen molar-refractivity contribution in [1.29, 1.82) is 0 Å². The van der Waals surface area contributed by atoms with Crippen LogP contribution in [-0.2, 0) is 19.1 Å². The van der Waals surface area contributed by atoms with E-state index in [9.17, 15) is 14.4 Å². The van der Waals surface area contributed by atoms with Crippen molar-refractivity contribution in [3.63, 3.8) is 0 Å². The minimum Gasteiger partial charge on any atom is -0.468 e. The van der Waals surface area contributed by atoms with Crippen LogP contribution < -0.4 is 10.2 Å². The highest BCUT2D eigenvalue weighted by atomic mass is 32.2. The summed E-state index contributed by atoms with van der Waals surface area (Å²) in [6, 6.07) is 7.40. The summed E-state index contributed by atoms with van der Waals surface area (Å²) in [5, 5.41) is 3.37. The van der Waals surface area contributed by atoms with Crippen LogP contribution in [-0.4, -0.2) is 68.5 Å². The Morgan fingerprint density at radius 2 is 1.89 bits per heavy atom. The van der Waals surface area contributed by atoms with Crippen molar-refractivity contribution < 1.29 is 19.1 Å². The van der Waals surface area contributed by atoms with Gasteiger partial charge in [-0.25, -0.2) is 0 Å². The van der Waals surface area contributed by atoms with E-state index in [1.807, 2.05) is 49.5 Å². The van der Waals surface area contributed by atoms with Gasteiger partial charge in [0.15, 0.2) is 0 Å². The van der Waals surface area contributed by atoms with E-state index in [1.165, 1.54) is 14.2 Å². The Kier molecular flexibility index (Phi) is 5.72. The van der Waals surface area contributed by atoms with Crippen LogP contribution in [0.3, 0.4) is 0 Å². The standard InChI is InChI=1S/C20H27N3O4S/c1-22(2)13-8-6-12(7-9-13)16-14-15(18(25)23(3)17(14)24)20(21-16,10-11-28-5)19(26)27-4/h6-9,14-16,21H,10-11H2,1-5H3. The number of hydrogen-bond acceptors (Lipinski definition) is 7. The molecule has 0 spiro atoms. The summed E-state index contributed by atoms with van der Waals surface area (Å²) in [4.78, 5) is 41.9. The zero-order valence-corrected chi connectivity index (χ0v) is 17.7. The fraction of sp³-hybridized carbons (Fsp3) is 0.550. The Balaban J connectivity index is 2.08. The second-order valence-corrected chi connectivity index (χ2v) is 8.54. The Bertz CT molecular complexity index is 782. The van der Waals surface area contributed by atoms with Gasteiger partial charge in [0.05, 0.1) is 18.9 Å².